The minimum atomic E-state index is -0.735. The zero-order valence-corrected chi connectivity index (χ0v) is 20.0. The van der Waals surface area contributed by atoms with Crippen molar-refractivity contribution in [3.63, 3.8) is 0 Å². The largest absolute Gasteiger partial charge is 0.387 e. The van der Waals surface area contributed by atoms with E-state index >= 15 is 0 Å². The van der Waals surface area contributed by atoms with Crippen LogP contribution >= 0.6 is 11.6 Å². The second kappa shape index (κ2) is 11.2. The number of rotatable bonds is 8. The zero-order valence-electron chi connectivity index (χ0n) is 19.2. The Labute approximate surface area is 208 Å². The topological polar surface area (TPSA) is 124 Å². The quantitative estimate of drug-likeness (QED) is 0.284. The van der Waals surface area contributed by atoms with Gasteiger partial charge in [0.05, 0.1) is 19.0 Å². The van der Waals surface area contributed by atoms with Crippen LogP contribution in [0.25, 0.3) is 11.3 Å². The van der Waals surface area contributed by atoms with E-state index in [1.165, 1.54) is 0 Å². The molecule has 0 aliphatic carbocycles. The van der Waals surface area contributed by atoms with Crippen molar-refractivity contribution in [2.24, 2.45) is 5.73 Å². The molecular weight excluding hydrogens is 466 g/mol. The van der Waals surface area contributed by atoms with Crippen LogP contribution in [0.5, 0.6) is 0 Å². The smallest absolute Gasteiger partial charge is 0.268 e. The number of nitrogens with two attached hydrogens (primary N) is 1. The Morgan fingerprint density at radius 3 is 2.34 bits per heavy atom. The summed E-state index contributed by atoms with van der Waals surface area (Å²) in [5, 5.41) is 11.0. The molecular formula is C26H28ClN5O3. The highest BCUT2D eigenvalue weighted by Crippen LogP contribution is 2.21. The number of hydrogen-bond acceptors (Lipinski definition) is 4. The number of hydrogen-bond donors (Lipinski definition) is 4. The molecule has 1 fully saturated rings. The van der Waals surface area contributed by atoms with Crippen molar-refractivity contribution in [3.8, 4) is 11.3 Å². The summed E-state index contributed by atoms with van der Waals surface area (Å²) in [5.41, 5.74) is 9.36. The van der Waals surface area contributed by atoms with Gasteiger partial charge in [0.2, 0.25) is 5.91 Å². The molecule has 35 heavy (non-hydrogen) atoms. The van der Waals surface area contributed by atoms with Crippen LogP contribution in [0.1, 0.15) is 21.6 Å². The predicted octanol–water partition coefficient (Wildman–Crippen LogP) is 3.01. The third-order valence-electron chi connectivity index (χ3n) is 5.87. The molecule has 4 rings (SSSR count). The summed E-state index contributed by atoms with van der Waals surface area (Å²) in [6.45, 7) is 1.94. The third kappa shape index (κ3) is 6.49. The first-order valence-electron chi connectivity index (χ1n) is 11.4. The molecule has 182 valence electrons. The normalized spacial score (nSPS) is 14.4. The Bertz CT molecular complexity index is 1180. The van der Waals surface area contributed by atoms with E-state index in [0.717, 1.165) is 22.4 Å². The molecule has 1 saturated heterocycles. The Kier molecular flexibility index (Phi) is 7.84. The van der Waals surface area contributed by atoms with Gasteiger partial charge in [-0.25, -0.2) is 0 Å². The number of ether oxygens (including phenoxy) is 1. The second-order valence-electron chi connectivity index (χ2n) is 8.48. The number of nitrogens with one attached hydrogen (secondary N) is 3. The molecule has 0 spiro atoms. The number of amidine groups is 1. The lowest BCUT2D eigenvalue weighted by Crippen LogP contribution is -2.52. The molecule has 2 aromatic carbocycles. The number of aromatic nitrogens is 1. The number of carbonyl (C=O) groups excluding carboxylic acids is 2. The molecule has 1 aromatic heterocycles. The second-order valence-corrected chi connectivity index (χ2v) is 8.92. The summed E-state index contributed by atoms with van der Waals surface area (Å²) in [4.78, 5) is 31.3. The first-order valence-corrected chi connectivity index (χ1v) is 11.8. The highest BCUT2D eigenvalue weighted by molar-refractivity contribution is 6.30. The van der Waals surface area contributed by atoms with Gasteiger partial charge in [-0.3, -0.25) is 15.0 Å². The highest BCUT2D eigenvalue weighted by atomic mass is 35.5. The standard InChI is InChI=1S/C26H28ClN5O3/c27-20-7-5-19(6-8-20)21-9-10-22(30-21)25(33)31-23(26(34)32-11-13-35-14-12-32)15-17-1-3-18(4-2-17)16-24(28)29/h1-10,23,30H,11-16H2,(H3,28,29)(H,31,33). The van der Waals surface area contributed by atoms with E-state index < -0.39 is 6.04 Å². The summed E-state index contributed by atoms with van der Waals surface area (Å²) < 4.78 is 5.37. The van der Waals surface area contributed by atoms with E-state index in [4.69, 9.17) is 27.5 Å². The maximum atomic E-state index is 13.3. The van der Waals surface area contributed by atoms with Gasteiger partial charge < -0.3 is 25.7 Å². The molecule has 1 atom stereocenters. The van der Waals surface area contributed by atoms with Gasteiger partial charge in [-0.1, -0.05) is 48.0 Å². The van der Waals surface area contributed by atoms with Crippen LogP contribution in [-0.2, 0) is 22.4 Å². The van der Waals surface area contributed by atoms with Crippen molar-refractivity contribution in [1.29, 1.82) is 5.41 Å². The SMILES string of the molecule is N=C(N)Cc1ccc(CC(NC(=O)c2ccc(-c3ccc(Cl)cc3)[nH]2)C(=O)N2CCOCC2)cc1. The molecule has 0 saturated carbocycles. The van der Waals surface area contributed by atoms with Crippen LogP contribution in [0.15, 0.2) is 60.7 Å². The van der Waals surface area contributed by atoms with Crippen LogP contribution in [0.2, 0.25) is 5.02 Å². The predicted molar refractivity (Wildman–Crippen MR) is 136 cm³/mol. The van der Waals surface area contributed by atoms with E-state index in [0.29, 0.717) is 49.9 Å². The number of amides is 2. The van der Waals surface area contributed by atoms with Crippen molar-refractivity contribution >= 4 is 29.3 Å². The number of benzene rings is 2. The van der Waals surface area contributed by atoms with Gasteiger partial charge in [-0.05, 0) is 41.0 Å². The summed E-state index contributed by atoms with van der Waals surface area (Å²) in [7, 11) is 0. The number of H-pyrrole nitrogens is 1. The lowest BCUT2D eigenvalue weighted by molar-refractivity contribution is -0.137. The van der Waals surface area contributed by atoms with Crippen LogP contribution in [0.4, 0.5) is 0 Å². The molecule has 5 N–H and O–H groups in total. The summed E-state index contributed by atoms with van der Waals surface area (Å²) in [6.07, 6.45) is 0.711. The van der Waals surface area contributed by atoms with Crippen molar-refractivity contribution in [3.05, 3.63) is 82.5 Å². The molecule has 9 heteroatoms. The fourth-order valence-corrected chi connectivity index (χ4v) is 4.14. The fraction of sp³-hybridized carbons (Fsp3) is 0.269. The summed E-state index contributed by atoms with van der Waals surface area (Å²) in [6, 6.07) is 17.7. The molecule has 1 unspecified atom stereocenters. The molecule has 2 heterocycles. The lowest BCUT2D eigenvalue weighted by atomic mass is 10.0. The third-order valence-corrected chi connectivity index (χ3v) is 6.12. The molecule has 2 amide bonds. The van der Waals surface area contributed by atoms with Crippen molar-refractivity contribution in [2.75, 3.05) is 26.3 Å². The van der Waals surface area contributed by atoms with Gasteiger partial charge in [-0.15, -0.1) is 0 Å². The number of carbonyl (C=O) groups is 2. The average Bonchev–Trinajstić information content (AvgIpc) is 3.35. The van der Waals surface area contributed by atoms with E-state index in [1.807, 2.05) is 42.5 Å². The number of morpholine rings is 1. The Hall–Kier alpha value is -3.62. The Morgan fingerprint density at radius 1 is 1.03 bits per heavy atom. The fourth-order valence-electron chi connectivity index (χ4n) is 4.01. The molecule has 1 aliphatic rings. The minimum Gasteiger partial charge on any atom is -0.387 e. The highest BCUT2D eigenvalue weighted by Gasteiger charge is 2.28. The van der Waals surface area contributed by atoms with Gasteiger partial charge in [0.15, 0.2) is 0 Å². The molecule has 1 aliphatic heterocycles. The number of nitrogens with zero attached hydrogens (tertiary/aromatic N) is 1. The number of aromatic amines is 1. The summed E-state index contributed by atoms with van der Waals surface area (Å²) >= 11 is 5.97. The number of halogens is 1. The lowest BCUT2D eigenvalue weighted by Gasteiger charge is -2.30. The molecule has 8 nitrogen and oxygen atoms in total. The van der Waals surface area contributed by atoms with Crippen LogP contribution in [-0.4, -0.2) is 59.9 Å². The van der Waals surface area contributed by atoms with Crippen LogP contribution < -0.4 is 11.1 Å². The van der Waals surface area contributed by atoms with Gasteiger partial charge in [0, 0.05) is 36.6 Å². The summed E-state index contributed by atoms with van der Waals surface area (Å²) in [5.74, 6) is -0.404. The first kappa shape index (κ1) is 24.5. The molecule has 0 bridgehead atoms. The van der Waals surface area contributed by atoms with Gasteiger partial charge in [0.25, 0.3) is 5.91 Å². The maximum absolute atomic E-state index is 13.3. The maximum Gasteiger partial charge on any atom is 0.268 e. The van der Waals surface area contributed by atoms with Crippen molar-refractivity contribution in [1.82, 2.24) is 15.2 Å². The Morgan fingerprint density at radius 2 is 1.69 bits per heavy atom. The van der Waals surface area contributed by atoms with Gasteiger partial charge in [0.1, 0.15) is 11.7 Å². The van der Waals surface area contributed by atoms with Crippen LogP contribution in [0, 0.1) is 5.41 Å². The van der Waals surface area contributed by atoms with Crippen LogP contribution in [0.3, 0.4) is 0 Å². The van der Waals surface area contributed by atoms with E-state index in [1.54, 1.807) is 23.1 Å². The van der Waals surface area contributed by atoms with Gasteiger partial charge >= 0.3 is 0 Å². The Balaban J connectivity index is 1.50. The zero-order chi connectivity index (χ0) is 24.8. The van der Waals surface area contributed by atoms with Crippen molar-refractivity contribution < 1.29 is 14.3 Å². The monoisotopic (exact) mass is 493 g/mol. The van der Waals surface area contributed by atoms with E-state index in [9.17, 15) is 9.59 Å². The molecule has 3 aromatic rings. The van der Waals surface area contributed by atoms with E-state index in [-0.39, 0.29) is 17.6 Å². The molecule has 0 radical (unpaired) electrons. The van der Waals surface area contributed by atoms with Gasteiger partial charge in [-0.2, -0.15) is 0 Å². The minimum absolute atomic E-state index is 0.0919. The first-order chi connectivity index (χ1) is 16.9. The van der Waals surface area contributed by atoms with E-state index in [2.05, 4.69) is 10.3 Å². The van der Waals surface area contributed by atoms with Crippen molar-refractivity contribution in [2.45, 2.75) is 18.9 Å². The average molecular weight is 494 g/mol.